The lowest BCUT2D eigenvalue weighted by Gasteiger charge is -2.38. The zero-order valence-electron chi connectivity index (χ0n) is 22.0. The molecule has 0 spiro atoms. The quantitative estimate of drug-likeness (QED) is 0.351. The maximum absolute atomic E-state index is 15.1. The van der Waals surface area contributed by atoms with Gasteiger partial charge in [0.1, 0.15) is 22.9 Å². The highest BCUT2D eigenvalue weighted by Gasteiger charge is 2.33. The van der Waals surface area contributed by atoms with Crippen LogP contribution in [0.3, 0.4) is 0 Å². The van der Waals surface area contributed by atoms with Gasteiger partial charge >= 0.3 is 0 Å². The first-order valence-electron chi connectivity index (χ1n) is 12.6. The molecule has 1 amide bonds. The average Bonchev–Trinajstić information content (AvgIpc) is 2.86. The second-order valence-corrected chi connectivity index (χ2v) is 12.1. The number of halogens is 2. The second kappa shape index (κ2) is 12.3. The van der Waals surface area contributed by atoms with Crippen molar-refractivity contribution >= 4 is 39.0 Å². The fourth-order valence-electron chi connectivity index (χ4n) is 4.86. The number of rotatable bonds is 9. The molecule has 39 heavy (non-hydrogen) atoms. The van der Waals surface area contributed by atoms with E-state index in [0.717, 1.165) is 18.6 Å². The minimum atomic E-state index is -4.29. The monoisotopic (exact) mass is 574 g/mol. The van der Waals surface area contributed by atoms with Gasteiger partial charge in [0, 0.05) is 18.3 Å². The number of likely N-dealkylation sites (N-methyl/N-ethyl adjacent to an activating group) is 1. The summed E-state index contributed by atoms with van der Waals surface area (Å²) in [7, 11) is -0.639. The molecule has 1 heterocycles. The third-order valence-corrected chi connectivity index (χ3v) is 8.33. The topological polar surface area (TPSA) is 116 Å². The lowest BCUT2D eigenvalue weighted by atomic mass is 9.78. The zero-order valence-corrected chi connectivity index (χ0v) is 23.6. The summed E-state index contributed by atoms with van der Waals surface area (Å²) >= 11 is 6.45. The molecule has 1 aliphatic carbocycles. The van der Waals surface area contributed by atoms with Gasteiger partial charge in [0.05, 0.1) is 17.3 Å². The maximum Gasteiger partial charge on any atom is 0.266 e. The Hall–Kier alpha value is -3.28. The Morgan fingerprint density at radius 3 is 2.64 bits per heavy atom. The van der Waals surface area contributed by atoms with E-state index in [0.29, 0.717) is 12.8 Å². The predicted molar refractivity (Wildman–Crippen MR) is 150 cm³/mol. The summed E-state index contributed by atoms with van der Waals surface area (Å²) in [4.78, 5) is 21.4. The Morgan fingerprint density at radius 1 is 1.15 bits per heavy atom. The van der Waals surface area contributed by atoms with Crippen LogP contribution in [0, 0.1) is 12.7 Å². The molecule has 2 aromatic carbocycles. The maximum atomic E-state index is 15.1. The van der Waals surface area contributed by atoms with Crippen molar-refractivity contribution in [2.24, 2.45) is 0 Å². The first-order chi connectivity index (χ1) is 18.5. The highest BCUT2D eigenvalue weighted by molar-refractivity contribution is 7.92. The normalized spacial score (nSPS) is 19.5. The van der Waals surface area contributed by atoms with E-state index >= 15 is 4.39 Å². The van der Waals surface area contributed by atoms with Crippen LogP contribution in [-0.4, -0.2) is 61.9 Å². The van der Waals surface area contributed by atoms with E-state index in [-0.39, 0.29) is 47.0 Å². The van der Waals surface area contributed by atoms with Crippen molar-refractivity contribution in [3.8, 4) is 0 Å². The molecule has 0 bridgehead atoms. The highest BCUT2D eigenvalue weighted by atomic mass is 35.5. The Kier molecular flexibility index (Phi) is 9.04. The summed E-state index contributed by atoms with van der Waals surface area (Å²) in [5.74, 6) is -0.828. The summed E-state index contributed by atoms with van der Waals surface area (Å²) < 4.78 is 42.9. The molecule has 3 aromatic rings. The number of nitrogens with zero attached hydrogens (tertiary/aromatic N) is 3. The van der Waals surface area contributed by atoms with Crippen LogP contribution in [0.2, 0.25) is 5.02 Å². The van der Waals surface area contributed by atoms with Gasteiger partial charge in [-0.15, -0.1) is 0 Å². The first kappa shape index (κ1) is 28.7. The lowest BCUT2D eigenvalue weighted by molar-refractivity contribution is -0.122. The molecule has 1 saturated carbocycles. The number of carbonyl (C=O) groups excluding carboxylic acids is 1. The molecule has 4 rings (SSSR count). The Morgan fingerprint density at radius 2 is 1.95 bits per heavy atom. The van der Waals surface area contributed by atoms with Crippen molar-refractivity contribution in [3.63, 3.8) is 0 Å². The largest absolute Gasteiger partial charge is 0.379 e. The van der Waals surface area contributed by atoms with Crippen LogP contribution in [-0.2, 0) is 14.8 Å². The molecule has 0 radical (unpaired) electrons. The van der Waals surface area contributed by atoms with Crippen LogP contribution >= 0.6 is 11.6 Å². The van der Waals surface area contributed by atoms with Gasteiger partial charge < -0.3 is 15.5 Å². The van der Waals surface area contributed by atoms with Gasteiger partial charge in [-0.2, -0.15) is 0 Å². The number of hydrogen-bond donors (Lipinski definition) is 3. The number of sulfonamides is 1. The smallest absolute Gasteiger partial charge is 0.266 e. The number of aryl methyl sites for hydroxylation is 1. The number of anilines is 2. The van der Waals surface area contributed by atoms with Gasteiger partial charge in [-0.05, 0) is 70.0 Å². The highest BCUT2D eigenvalue weighted by Crippen LogP contribution is 2.36. The molecule has 0 saturated heterocycles. The second-order valence-electron chi connectivity index (χ2n) is 10.0. The van der Waals surface area contributed by atoms with E-state index in [1.807, 2.05) is 20.2 Å². The van der Waals surface area contributed by atoms with E-state index in [1.54, 1.807) is 4.90 Å². The molecule has 3 N–H and O–H groups in total. The number of carbonyl (C=O) groups is 1. The number of aromatic nitrogens is 2. The fourth-order valence-corrected chi connectivity index (χ4v) is 6.24. The molecule has 12 heteroatoms. The van der Waals surface area contributed by atoms with Crippen LogP contribution < -0.4 is 15.4 Å². The summed E-state index contributed by atoms with van der Waals surface area (Å²) in [5, 5.41) is 6.45. The van der Waals surface area contributed by atoms with Gasteiger partial charge in [0.15, 0.2) is 0 Å². The van der Waals surface area contributed by atoms with Crippen LogP contribution in [0.1, 0.15) is 36.3 Å². The average molecular weight is 575 g/mol. The van der Waals surface area contributed by atoms with Crippen LogP contribution in [0.15, 0.2) is 59.9 Å². The summed E-state index contributed by atoms with van der Waals surface area (Å²) in [6, 6.07) is 11.4. The first-order valence-corrected chi connectivity index (χ1v) is 14.4. The molecule has 1 aromatic heterocycles. The van der Waals surface area contributed by atoms with Crippen LogP contribution in [0.4, 0.5) is 15.9 Å². The molecule has 1 fully saturated rings. The molecule has 208 valence electrons. The third kappa shape index (κ3) is 7.43. The van der Waals surface area contributed by atoms with Crippen LogP contribution in [0.5, 0.6) is 0 Å². The van der Waals surface area contributed by atoms with Crippen molar-refractivity contribution in [3.05, 3.63) is 77.0 Å². The van der Waals surface area contributed by atoms with Crippen molar-refractivity contribution in [1.82, 2.24) is 20.2 Å². The number of nitrogens with one attached hydrogen (secondary N) is 3. The van der Waals surface area contributed by atoms with E-state index in [4.69, 9.17) is 11.6 Å². The van der Waals surface area contributed by atoms with E-state index in [2.05, 4.69) is 50.4 Å². The van der Waals surface area contributed by atoms with Crippen molar-refractivity contribution in [1.29, 1.82) is 0 Å². The minimum absolute atomic E-state index is 0.00408. The van der Waals surface area contributed by atoms with E-state index in [9.17, 15) is 13.2 Å². The van der Waals surface area contributed by atoms with Crippen molar-refractivity contribution in [2.75, 3.05) is 30.7 Å². The fraction of sp³-hybridized carbons (Fsp3) is 0.370. The van der Waals surface area contributed by atoms with Gasteiger partial charge in [0.25, 0.3) is 10.0 Å². The Balaban J connectivity index is 1.55. The van der Waals surface area contributed by atoms with Crippen LogP contribution in [0.25, 0.3) is 0 Å². The Labute approximate surface area is 233 Å². The SMILES string of the molecule is Cc1cccc([C@H]2CC[C@H](Nc3cc(F)c(S(=O)(=O)Nc4ccncn4)cc3Cl)C(NC(=O)CN(C)C)C2)c1. The summed E-state index contributed by atoms with van der Waals surface area (Å²) in [5.41, 5.74) is 2.64. The molecular formula is C27H32ClFN6O3S. The molecule has 3 atom stereocenters. The lowest BCUT2D eigenvalue weighted by Crippen LogP contribution is -2.51. The van der Waals surface area contributed by atoms with E-state index in [1.165, 1.54) is 29.7 Å². The van der Waals surface area contributed by atoms with E-state index < -0.39 is 20.7 Å². The predicted octanol–water partition coefficient (Wildman–Crippen LogP) is 4.17. The van der Waals surface area contributed by atoms with Gasteiger partial charge in [0.2, 0.25) is 5.91 Å². The third-order valence-electron chi connectivity index (χ3n) is 6.64. The van der Waals surface area contributed by atoms with Crippen molar-refractivity contribution in [2.45, 2.75) is 49.1 Å². The standard InChI is InChI=1S/C27H32ClFN6O3S/c1-17-5-4-6-18(11-17)19-7-8-22(24(12-19)33-27(36)15-35(2)3)32-23-14-21(29)25(13-20(23)28)39(37,38)34-26-9-10-30-16-31-26/h4-6,9-11,13-14,16,19,22,24,32H,7-8,12,15H2,1-3H3,(H,33,36)(H,30,31,34)/t19-,22-,24?/m0/s1. The number of hydrogen-bond acceptors (Lipinski definition) is 7. The van der Waals surface area contributed by atoms with Crippen molar-refractivity contribution < 1.29 is 17.6 Å². The minimum Gasteiger partial charge on any atom is -0.379 e. The molecular weight excluding hydrogens is 543 g/mol. The van der Waals surface area contributed by atoms with Gasteiger partial charge in [-0.1, -0.05) is 41.4 Å². The van der Waals surface area contributed by atoms with Gasteiger partial charge in [-0.3, -0.25) is 9.52 Å². The molecule has 0 aliphatic heterocycles. The molecule has 9 nitrogen and oxygen atoms in total. The summed E-state index contributed by atoms with van der Waals surface area (Å²) in [6.45, 7) is 2.29. The number of benzene rings is 2. The Bertz CT molecular complexity index is 1420. The number of amides is 1. The zero-order chi connectivity index (χ0) is 28.2. The van der Waals surface area contributed by atoms with Gasteiger partial charge in [-0.25, -0.2) is 22.8 Å². The summed E-state index contributed by atoms with van der Waals surface area (Å²) in [6.07, 6.45) is 4.78. The molecule has 1 aliphatic rings. The molecule has 1 unspecified atom stereocenters.